The standard InChI is InChI=1S/C20H19ClN2O6/c1-10(18(24)22-13-5-7-16(28-3)14(21)9-13)23-15-6-4-12(20(26)27)8-17(15)29-11(2)19(23)25/h4-11H,1-3H3,(H,22,24)(H,26,27). The summed E-state index contributed by atoms with van der Waals surface area (Å²) in [4.78, 5) is 38.0. The number of aromatic carboxylic acids is 1. The van der Waals surface area contributed by atoms with Crippen molar-refractivity contribution in [2.45, 2.75) is 26.0 Å². The van der Waals surface area contributed by atoms with Crippen molar-refractivity contribution in [3.05, 3.63) is 47.0 Å². The Kier molecular flexibility index (Phi) is 5.65. The molecule has 1 heterocycles. The number of nitrogens with one attached hydrogen (secondary N) is 1. The number of methoxy groups -OCH3 is 1. The van der Waals surface area contributed by atoms with Crippen LogP contribution in [0, 0.1) is 0 Å². The first-order valence-electron chi connectivity index (χ1n) is 8.74. The average molecular weight is 419 g/mol. The van der Waals surface area contributed by atoms with E-state index in [9.17, 15) is 19.5 Å². The first-order valence-corrected chi connectivity index (χ1v) is 9.12. The number of carbonyl (C=O) groups excluding carboxylic acids is 2. The van der Waals surface area contributed by atoms with Crippen LogP contribution in [-0.2, 0) is 9.59 Å². The molecular weight excluding hydrogens is 400 g/mol. The number of anilines is 2. The van der Waals surface area contributed by atoms with Gasteiger partial charge in [-0.3, -0.25) is 14.5 Å². The topological polar surface area (TPSA) is 105 Å². The molecule has 0 fully saturated rings. The molecule has 8 nitrogen and oxygen atoms in total. The summed E-state index contributed by atoms with van der Waals surface area (Å²) in [6.45, 7) is 3.12. The number of ether oxygens (including phenoxy) is 2. The second-order valence-corrected chi connectivity index (χ2v) is 6.88. The lowest BCUT2D eigenvalue weighted by molar-refractivity contribution is -0.128. The lowest BCUT2D eigenvalue weighted by Crippen LogP contribution is -2.52. The van der Waals surface area contributed by atoms with Gasteiger partial charge in [0.05, 0.1) is 23.4 Å². The van der Waals surface area contributed by atoms with Gasteiger partial charge in [-0.05, 0) is 50.2 Å². The third-order valence-corrected chi connectivity index (χ3v) is 4.84. The van der Waals surface area contributed by atoms with E-state index in [0.29, 0.717) is 22.1 Å². The number of rotatable bonds is 5. The predicted molar refractivity (Wildman–Crippen MR) is 107 cm³/mol. The molecule has 9 heteroatoms. The molecule has 0 aromatic heterocycles. The molecule has 29 heavy (non-hydrogen) atoms. The van der Waals surface area contributed by atoms with E-state index in [2.05, 4.69) is 5.32 Å². The van der Waals surface area contributed by atoms with Crippen molar-refractivity contribution in [3.63, 3.8) is 0 Å². The zero-order valence-corrected chi connectivity index (χ0v) is 16.7. The van der Waals surface area contributed by atoms with Gasteiger partial charge in [-0.2, -0.15) is 0 Å². The van der Waals surface area contributed by atoms with Gasteiger partial charge >= 0.3 is 5.97 Å². The highest BCUT2D eigenvalue weighted by atomic mass is 35.5. The van der Waals surface area contributed by atoms with E-state index in [1.54, 1.807) is 32.0 Å². The Labute approximate surface area is 172 Å². The molecule has 2 amide bonds. The van der Waals surface area contributed by atoms with Crippen LogP contribution in [0.1, 0.15) is 24.2 Å². The Morgan fingerprint density at radius 3 is 2.62 bits per heavy atom. The molecule has 152 valence electrons. The third kappa shape index (κ3) is 3.97. The van der Waals surface area contributed by atoms with Crippen LogP contribution in [0.4, 0.5) is 11.4 Å². The maximum atomic E-state index is 12.8. The van der Waals surface area contributed by atoms with Gasteiger partial charge in [-0.1, -0.05) is 11.6 Å². The molecular formula is C20H19ClN2O6. The van der Waals surface area contributed by atoms with Crippen LogP contribution in [0.25, 0.3) is 0 Å². The maximum Gasteiger partial charge on any atom is 0.335 e. The summed E-state index contributed by atoms with van der Waals surface area (Å²) < 4.78 is 10.6. The van der Waals surface area contributed by atoms with Crippen molar-refractivity contribution in [2.75, 3.05) is 17.3 Å². The molecule has 2 unspecified atom stereocenters. The molecule has 0 bridgehead atoms. The van der Waals surface area contributed by atoms with Crippen molar-refractivity contribution in [1.82, 2.24) is 0 Å². The van der Waals surface area contributed by atoms with Gasteiger partial charge in [0.1, 0.15) is 17.5 Å². The van der Waals surface area contributed by atoms with Gasteiger partial charge in [0.2, 0.25) is 5.91 Å². The molecule has 0 radical (unpaired) electrons. The van der Waals surface area contributed by atoms with Gasteiger partial charge in [0, 0.05) is 5.69 Å². The second-order valence-electron chi connectivity index (χ2n) is 6.47. The monoisotopic (exact) mass is 418 g/mol. The van der Waals surface area contributed by atoms with Crippen molar-refractivity contribution < 1.29 is 29.0 Å². The van der Waals surface area contributed by atoms with E-state index < -0.39 is 29.9 Å². The minimum Gasteiger partial charge on any atom is -0.495 e. The molecule has 2 N–H and O–H groups in total. The van der Waals surface area contributed by atoms with Crippen molar-refractivity contribution >= 4 is 40.8 Å². The van der Waals surface area contributed by atoms with Crippen LogP contribution in [-0.4, -0.2) is 42.1 Å². The number of hydrogen-bond donors (Lipinski definition) is 2. The Morgan fingerprint density at radius 2 is 2.00 bits per heavy atom. The highest BCUT2D eigenvalue weighted by Gasteiger charge is 2.37. The molecule has 3 rings (SSSR count). The summed E-state index contributed by atoms with van der Waals surface area (Å²) in [5.74, 6) is -1.27. The summed E-state index contributed by atoms with van der Waals surface area (Å²) in [6.07, 6.45) is -0.864. The molecule has 0 aliphatic carbocycles. The highest BCUT2D eigenvalue weighted by Crippen LogP contribution is 2.36. The molecule has 1 aliphatic rings. The van der Waals surface area contributed by atoms with Crippen LogP contribution in [0.15, 0.2) is 36.4 Å². The average Bonchev–Trinajstić information content (AvgIpc) is 2.68. The lowest BCUT2D eigenvalue weighted by Gasteiger charge is -2.36. The zero-order chi connectivity index (χ0) is 21.3. The number of carbonyl (C=O) groups is 3. The minimum atomic E-state index is -1.12. The zero-order valence-electron chi connectivity index (χ0n) is 15.9. The first-order chi connectivity index (χ1) is 13.7. The summed E-state index contributed by atoms with van der Waals surface area (Å²) in [5.41, 5.74) is 0.798. The predicted octanol–water partition coefficient (Wildman–Crippen LogP) is 3.19. The molecule has 2 atom stereocenters. The molecule has 1 aliphatic heterocycles. The largest absolute Gasteiger partial charge is 0.495 e. The van der Waals surface area contributed by atoms with E-state index in [-0.39, 0.29) is 11.3 Å². The summed E-state index contributed by atoms with van der Waals surface area (Å²) in [5, 5.41) is 12.2. The first kappa shape index (κ1) is 20.5. The number of carboxylic acids is 1. The van der Waals surface area contributed by atoms with E-state index in [1.807, 2.05) is 0 Å². The van der Waals surface area contributed by atoms with Crippen molar-refractivity contribution in [3.8, 4) is 11.5 Å². The minimum absolute atomic E-state index is 0.0234. The summed E-state index contributed by atoms with van der Waals surface area (Å²) in [6, 6.07) is 8.05. The SMILES string of the molecule is COc1ccc(NC(=O)C(C)N2C(=O)C(C)Oc3cc(C(=O)O)ccc32)cc1Cl. The normalized spacial score (nSPS) is 16.5. The van der Waals surface area contributed by atoms with Crippen molar-refractivity contribution in [2.24, 2.45) is 0 Å². The van der Waals surface area contributed by atoms with Crippen LogP contribution >= 0.6 is 11.6 Å². The summed E-state index contributed by atoms with van der Waals surface area (Å²) in [7, 11) is 1.49. The van der Waals surface area contributed by atoms with Crippen molar-refractivity contribution in [1.29, 1.82) is 0 Å². The Hall–Kier alpha value is -3.26. The van der Waals surface area contributed by atoms with Crippen LogP contribution in [0.2, 0.25) is 5.02 Å². The molecule has 2 aromatic rings. The quantitative estimate of drug-likeness (QED) is 0.772. The number of carboxylic acid groups (broad SMARTS) is 1. The number of hydrogen-bond acceptors (Lipinski definition) is 5. The molecule has 2 aromatic carbocycles. The fraction of sp³-hybridized carbons (Fsp3) is 0.250. The van der Waals surface area contributed by atoms with Crippen LogP contribution in [0.3, 0.4) is 0 Å². The van der Waals surface area contributed by atoms with Gasteiger partial charge in [0.15, 0.2) is 6.10 Å². The van der Waals surface area contributed by atoms with Gasteiger partial charge < -0.3 is 19.9 Å². The Morgan fingerprint density at radius 1 is 1.28 bits per heavy atom. The third-order valence-electron chi connectivity index (χ3n) is 4.54. The lowest BCUT2D eigenvalue weighted by atomic mass is 10.1. The van der Waals surface area contributed by atoms with Gasteiger partial charge in [-0.25, -0.2) is 4.79 Å². The summed E-state index contributed by atoms with van der Waals surface area (Å²) >= 11 is 6.09. The Bertz CT molecular complexity index is 993. The van der Waals surface area contributed by atoms with Gasteiger partial charge in [-0.15, -0.1) is 0 Å². The smallest absolute Gasteiger partial charge is 0.335 e. The van der Waals surface area contributed by atoms with Crippen LogP contribution < -0.4 is 19.7 Å². The molecule has 0 saturated heterocycles. The van der Waals surface area contributed by atoms with Gasteiger partial charge in [0.25, 0.3) is 5.91 Å². The molecule has 0 saturated carbocycles. The number of nitrogens with zero attached hydrogens (tertiary/aromatic N) is 1. The number of benzene rings is 2. The number of halogens is 1. The van der Waals surface area contributed by atoms with E-state index in [1.165, 1.54) is 30.2 Å². The fourth-order valence-corrected chi connectivity index (χ4v) is 3.26. The maximum absolute atomic E-state index is 12.8. The van der Waals surface area contributed by atoms with E-state index in [4.69, 9.17) is 21.1 Å². The highest BCUT2D eigenvalue weighted by molar-refractivity contribution is 6.32. The second kappa shape index (κ2) is 8.00. The van der Waals surface area contributed by atoms with E-state index >= 15 is 0 Å². The van der Waals surface area contributed by atoms with E-state index in [0.717, 1.165) is 0 Å². The number of amides is 2. The Balaban J connectivity index is 1.88. The van der Waals surface area contributed by atoms with Crippen LogP contribution in [0.5, 0.6) is 11.5 Å². The molecule has 0 spiro atoms. The number of fused-ring (bicyclic) bond motifs is 1. The fourth-order valence-electron chi connectivity index (χ4n) is 3.00.